The molecule has 1 saturated carbocycles. The van der Waals surface area contributed by atoms with Crippen LogP contribution in [-0.4, -0.2) is 45.4 Å². The molecule has 164 valence electrons. The summed E-state index contributed by atoms with van der Waals surface area (Å²) in [6.07, 6.45) is 8.34. The number of aliphatic imine (C=N–C) groups is 1. The van der Waals surface area contributed by atoms with Crippen LogP contribution in [0.15, 0.2) is 34.2 Å². The van der Waals surface area contributed by atoms with Gasteiger partial charge in [0.1, 0.15) is 0 Å². The van der Waals surface area contributed by atoms with Crippen molar-refractivity contribution in [3.05, 3.63) is 29.8 Å². The summed E-state index contributed by atoms with van der Waals surface area (Å²) in [5.74, 6) is 0.800. The number of sulfonamides is 1. The third kappa shape index (κ3) is 6.07. The van der Waals surface area contributed by atoms with Gasteiger partial charge in [-0.3, -0.25) is 4.99 Å². The highest BCUT2D eigenvalue weighted by Crippen LogP contribution is 2.40. The van der Waals surface area contributed by atoms with E-state index in [1.807, 2.05) is 12.1 Å². The van der Waals surface area contributed by atoms with Gasteiger partial charge in [-0.15, -0.1) is 24.0 Å². The predicted octanol–water partition coefficient (Wildman–Crippen LogP) is 3.72. The van der Waals surface area contributed by atoms with Crippen molar-refractivity contribution in [1.29, 1.82) is 0 Å². The molecular formula is C21H35IN4O2S. The van der Waals surface area contributed by atoms with E-state index in [2.05, 4.69) is 22.5 Å². The van der Waals surface area contributed by atoms with E-state index in [-0.39, 0.29) is 24.0 Å². The molecule has 2 aliphatic rings. The van der Waals surface area contributed by atoms with E-state index in [0.29, 0.717) is 29.9 Å². The van der Waals surface area contributed by atoms with Gasteiger partial charge in [-0.1, -0.05) is 31.9 Å². The molecule has 1 aliphatic heterocycles. The SMILES string of the molecule is CCC1(CNC(=NC)NCc2ccc(S(=O)(=O)N3CCCC3)cc2)CCCC1.I. The van der Waals surface area contributed by atoms with Gasteiger partial charge in [-0.25, -0.2) is 8.42 Å². The third-order valence-electron chi connectivity index (χ3n) is 6.35. The number of nitrogens with one attached hydrogen (secondary N) is 2. The highest BCUT2D eigenvalue weighted by atomic mass is 127. The molecule has 1 saturated heterocycles. The second-order valence-electron chi connectivity index (χ2n) is 8.10. The predicted molar refractivity (Wildman–Crippen MR) is 129 cm³/mol. The summed E-state index contributed by atoms with van der Waals surface area (Å²) in [4.78, 5) is 4.71. The van der Waals surface area contributed by atoms with Crippen molar-refractivity contribution in [2.24, 2.45) is 10.4 Å². The van der Waals surface area contributed by atoms with Crippen molar-refractivity contribution < 1.29 is 8.42 Å². The maximum absolute atomic E-state index is 12.6. The summed E-state index contributed by atoms with van der Waals surface area (Å²) < 4.78 is 26.8. The summed E-state index contributed by atoms with van der Waals surface area (Å²) in [7, 11) is -1.56. The normalized spacial score (nSPS) is 19.7. The minimum Gasteiger partial charge on any atom is -0.356 e. The first-order valence-corrected chi connectivity index (χ1v) is 12.0. The first-order valence-electron chi connectivity index (χ1n) is 10.5. The molecule has 0 unspecified atom stereocenters. The topological polar surface area (TPSA) is 73.8 Å². The Balaban J connectivity index is 0.00000300. The molecule has 0 amide bonds. The lowest BCUT2D eigenvalue weighted by Gasteiger charge is -2.28. The largest absolute Gasteiger partial charge is 0.356 e. The van der Waals surface area contributed by atoms with Gasteiger partial charge in [0, 0.05) is 33.2 Å². The van der Waals surface area contributed by atoms with Crippen LogP contribution in [0.3, 0.4) is 0 Å². The molecular weight excluding hydrogens is 499 g/mol. The average molecular weight is 535 g/mol. The van der Waals surface area contributed by atoms with Crippen molar-refractivity contribution in [3.63, 3.8) is 0 Å². The van der Waals surface area contributed by atoms with Gasteiger partial charge < -0.3 is 10.6 Å². The zero-order valence-corrected chi connectivity index (χ0v) is 20.8. The summed E-state index contributed by atoms with van der Waals surface area (Å²) >= 11 is 0. The smallest absolute Gasteiger partial charge is 0.243 e. The highest BCUT2D eigenvalue weighted by Gasteiger charge is 2.32. The van der Waals surface area contributed by atoms with Crippen molar-refractivity contribution in [2.75, 3.05) is 26.7 Å². The Kier molecular flexibility index (Phi) is 9.21. The van der Waals surface area contributed by atoms with Crippen molar-refractivity contribution in [1.82, 2.24) is 14.9 Å². The fraction of sp³-hybridized carbons (Fsp3) is 0.667. The highest BCUT2D eigenvalue weighted by molar-refractivity contribution is 14.0. The average Bonchev–Trinajstić information content (AvgIpc) is 3.41. The molecule has 8 heteroatoms. The standard InChI is InChI=1S/C21H34N4O2S.HI/c1-3-21(12-4-5-13-21)17-24-20(22-2)23-16-18-8-10-19(11-9-18)28(26,27)25-14-6-7-15-25;/h8-11H,3-7,12-17H2,1-2H3,(H2,22,23,24);1H. The number of guanidine groups is 1. The van der Waals surface area contributed by atoms with Crippen LogP contribution in [0.5, 0.6) is 0 Å². The molecule has 2 N–H and O–H groups in total. The Morgan fingerprint density at radius 3 is 2.24 bits per heavy atom. The van der Waals surface area contributed by atoms with E-state index in [1.165, 1.54) is 32.1 Å². The molecule has 6 nitrogen and oxygen atoms in total. The monoisotopic (exact) mass is 534 g/mol. The Morgan fingerprint density at radius 1 is 1.07 bits per heavy atom. The first-order chi connectivity index (χ1) is 13.5. The summed E-state index contributed by atoms with van der Waals surface area (Å²) in [6.45, 7) is 5.11. The minimum atomic E-state index is -3.34. The lowest BCUT2D eigenvalue weighted by Crippen LogP contribution is -2.42. The maximum Gasteiger partial charge on any atom is 0.243 e. The zero-order valence-electron chi connectivity index (χ0n) is 17.6. The van der Waals surface area contributed by atoms with Crippen LogP contribution in [0.1, 0.15) is 57.4 Å². The van der Waals surface area contributed by atoms with Gasteiger partial charge in [0.05, 0.1) is 4.90 Å². The summed E-state index contributed by atoms with van der Waals surface area (Å²) in [6, 6.07) is 7.19. The molecule has 1 heterocycles. The van der Waals surface area contributed by atoms with Crippen molar-refractivity contribution in [3.8, 4) is 0 Å². The zero-order chi connectivity index (χ0) is 20.0. The Labute approximate surface area is 193 Å². The van der Waals surface area contributed by atoms with Gasteiger partial charge in [-0.05, 0) is 55.2 Å². The molecule has 29 heavy (non-hydrogen) atoms. The second-order valence-corrected chi connectivity index (χ2v) is 10.0. The van der Waals surface area contributed by atoms with E-state index in [4.69, 9.17) is 0 Å². The van der Waals surface area contributed by atoms with E-state index < -0.39 is 10.0 Å². The van der Waals surface area contributed by atoms with E-state index in [0.717, 1.165) is 30.9 Å². The van der Waals surface area contributed by atoms with Crippen LogP contribution in [0.4, 0.5) is 0 Å². The number of benzene rings is 1. The Morgan fingerprint density at radius 2 is 1.69 bits per heavy atom. The van der Waals surface area contributed by atoms with Gasteiger partial charge in [0.15, 0.2) is 5.96 Å². The number of hydrogen-bond acceptors (Lipinski definition) is 3. The third-order valence-corrected chi connectivity index (χ3v) is 8.27. The molecule has 0 radical (unpaired) electrons. The van der Waals surface area contributed by atoms with Crippen LogP contribution in [0, 0.1) is 5.41 Å². The second kappa shape index (κ2) is 10.9. The maximum atomic E-state index is 12.6. The fourth-order valence-corrected chi connectivity index (χ4v) is 5.83. The quantitative estimate of drug-likeness (QED) is 0.318. The first kappa shape index (κ1) is 24.4. The Bertz CT molecular complexity index is 768. The lowest BCUT2D eigenvalue weighted by atomic mass is 9.83. The van der Waals surface area contributed by atoms with Crippen LogP contribution in [-0.2, 0) is 16.6 Å². The van der Waals surface area contributed by atoms with Crippen LogP contribution >= 0.6 is 24.0 Å². The van der Waals surface area contributed by atoms with E-state index in [1.54, 1.807) is 23.5 Å². The molecule has 0 bridgehead atoms. The molecule has 0 spiro atoms. The lowest BCUT2D eigenvalue weighted by molar-refractivity contribution is 0.283. The van der Waals surface area contributed by atoms with Crippen LogP contribution < -0.4 is 10.6 Å². The molecule has 2 fully saturated rings. The fourth-order valence-electron chi connectivity index (χ4n) is 4.31. The Hall–Kier alpha value is -0.870. The summed E-state index contributed by atoms with van der Waals surface area (Å²) in [5.41, 5.74) is 1.44. The minimum absolute atomic E-state index is 0. The number of nitrogens with zero attached hydrogens (tertiary/aromatic N) is 2. The molecule has 1 aliphatic carbocycles. The molecule has 0 aromatic heterocycles. The molecule has 1 aromatic carbocycles. The molecule has 1 aromatic rings. The van der Waals surface area contributed by atoms with Crippen molar-refractivity contribution in [2.45, 2.75) is 63.3 Å². The van der Waals surface area contributed by atoms with Gasteiger partial charge in [0.2, 0.25) is 10.0 Å². The van der Waals surface area contributed by atoms with E-state index >= 15 is 0 Å². The molecule has 0 atom stereocenters. The molecule has 3 rings (SSSR count). The number of rotatable bonds is 7. The van der Waals surface area contributed by atoms with E-state index in [9.17, 15) is 8.42 Å². The van der Waals surface area contributed by atoms with Gasteiger partial charge in [-0.2, -0.15) is 4.31 Å². The van der Waals surface area contributed by atoms with Crippen molar-refractivity contribution >= 4 is 40.0 Å². The summed E-state index contributed by atoms with van der Waals surface area (Å²) in [5, 5.41) is 6.83. The van der Waals surface area contributed by atoms with Gasteiger partial charge >= 0.3 is 0 Å². The number of halogens is 1. The van der Waals surface area contributed by atoms with Gasteiger partial charge in [0.25, 0.3) is 0 Å². The van der Waals surface area contributed by atoms with Crippen LogP contribution in [0.25, 0.3) is 0 Å². The van der Waals surface area contributed by atoms with Crippen LogP contribution in [0.2, 0.25) is 0 Å². The number of hydrogen-bond donors (Lipinski definition) is 2.